The fourth-order valence-electron chi connectivity index (χ4n) is 2.84. The molecule has 8 heteroatoms. The molecule has 27 heavy (non-hydrogen) atoms. The molecule has 1 fully saturated rings. The topological polar surface area (TPSA) is 85.5 Å². The van der Waals surface area contributed by atoms with E-state index in [-0.39, 0.29) is 17.9 Å². The van der Waals surface area contributed by atoms with Crippen molar-refractivity contribution < 1.29 is 9.59 Å². The van der Waals surface area contributed by atoms with Gasteiger partial charge in [-0.2, -0.15) is 0 Å². The number of carbonyl (C=O) groups excluding carboxylic acids is 2. The smallest absolute Gasteiger partial charge is 0.321 e. The number of hydrogen-bond donors (Lipinski definition) is 4. The molecule has 1 aliphatic heterocycles. The maximum atomic E-state index is 12.4. The molecular weight excluding hydrogens is 362 g/mol. The summed E-state index contributed by atoms with van der Waals surface area (Å²) in [6, 6.07) is 9.12. The SMILES string of the molecule is CC(C)CCNC(=S)NNC(=O)[C@H]1CCCN(C(=O)Nc2ccccc2)C1. The largest absolute Gasteiger partial charge is 0.361 e. The van der Waals surface area contributed by atoms with E-state index in [2.05, 4.69) is 35.3 Å². The molecule has 0 radical (unpaired) electrons. The van der Waals surface area contributed by atoms with Crippen molar-refractivity contribution in [2.24, 2.45) is 11.8 Å². The second-order valence-electron chi connectivity index (χ2n) is 7.13. The van der Waals surface area contributed by atoms with Crippen LogP contribution in [0.3, 0.4) is 0 Å². The number of urea groups is 1. The lowest BCUT2D eigenvalue weighted by Gasteiger charge is -2.32. The van der Waals surface area contributed by atoms with Crippen LogP contribution in [0.1, 0.15) is 33.1 Å². The molecule has 2 rings (SSSR count). The fourth-order valence-corrected chi connectivity index (χ4v) is 2.99. The standard InChI is InChI=1S/C19H29N5O2S/c1-14(2)10-11-20-18(27)23-22-17(25)15-7-6-12-24(13-15)19(26)21-16-8-4-3-5-9-16/h3-5,8-9,14-15H,6-7,10-13H2,1-2H3,(H,21,26)(H,22,25)(H2,20,23,27)/t15-/m0/s1. The number of amides is 3. The molecule has 0 unspecified atom stereocenters. The first kappa shape index (κ1) is 21.0. The number of carbonyl (C=O) groups is 2. The monoisotopic (exact) mass is 391 g/mol. The van der Waals surface area contributed by atoms with Crippen molar-refractivity contribution in [3.63, 3.8) is 0 Å². The second kappa shape index (κ2) is 10.7. The van der Waals surface area contributed by atoms with Crippen molar-refractivity contribution in [1.29, 1.82) is 0 Å². The van der Waals surface area contributed by atoms with Gasteiger partial charge in [0.25, 0.3) is 0 Å². The van der Waals surface area contributed by atoms with Gasteiger partial charge in [0.1, 0.15) is 0 Å². The Morgan fingerprint density at radius 3 is 2.67 bits per heavy atom. The van der Waals surface area contributed by atoms with E-state index in [0.717, 1.165) is 31.5 Å². The third-order valence-electron chi connectivity index (χ3n) is 4.41. The van der Waals surface area contributed by atoms with Gasteiger partial charge in [-0.3, -0.25) is 15.6 Å². The molecule has 1 aliphatic rings. The maximum Gasteiger partial charge on any atom is 0.321 e. The van der Waals surface area contributed by atoms with Crippen LogP contribution >= 0.6 is 12.2 Å². The number of para-hydroxylation sites is 1. The molecule has 1 atom stereocenters. The second-order valence-corrected chi connectivity index (χ2v) is 7.54. The van der Waals surface area contributed by atoms with Gasteiger partial charge in [0, 0.05) is 25.3 Å². The molecule has 1 heterocycles. The highest BCUT2D eigenvalue weighted by molar-refractivity contribution is 7.80. The third kappa shape index (κ3) is 7.42. The summed E-state index contributed by atoms with van der Waals surface area (Å²) in [4.78, 5) is 26.5. The lowest BCUT2D eigenvalue weighted by atomic mass is 9.98. The van der Waals surface area contributed by atoms with E-state index in [1.165, 1.54) is 0 Å². The Morgan fingerprint density at radius 1 is 1.22 bits per heavy atom. The molecule has 0 saturated carbocycles. The van der Waals surface area contributed by atoms with Gasteiger partial charge in [-0.1, -0.05) is 32.0 Å². The summed E-state index contributed by atoms with van der Waals surface area (Å²) in [6.45, 7) is 6.08. The molecule has 0 aliphatic carbocycles. The number of piperidine rings is 1. The Labute approximate surface area is 166 Å². The molecule has 1 aromatic rings. The molecule has 3 amide bonds. The molecular formula is C19H29N5O2S. The summed E-state index contributed by atoms with van der Waals surface area (Å²) in [5.41, 5.74) is 6.13. The highest BCUT2D eigenvalue weighted by Crippen LogP contribution is 2.18. The molecule has 1 saturated heterocycles. The number of benzene rings is 1. The van der Waals surface area contributed by atoms with Crippen LogP contribution in [0.2, 0.25) is 0 Å². The van der Waals surface area contributed by atoms with Crippen molar-refractivity contribution in [1.82, 2.24) is 21.1 Å². The molecule has 148 valence electrons. The van der Waals surface area contributed by atoms with Crippen LogP contribution in [0, 0.1) is 11.8 Å². The van der Waals surface area contributed by atoms with E-state index in [1.54, 1.807) is 4.90 Å². The number of nitrogens with one attached hydrogen (secondary N) is 4. The Kier molecular flexibility index (Phi) is 8.32. The highest BCUT2D eigenvalue weighted by Gasteiger charge is 2.28. The van der Waals surface area contributed by atoms with Gasteiger partial charge in [-0.15, -0.1) is 0 Å². The van der Waals surface area contributed by atoms with Crippen molar-refractivity contribution in [3.8, 4) is 0 Å². The highest BCUT2D eigenvalue weighted by atomic mass is 32.1. The van der Waals surface area contributed by atoms with Crippen LogP contribution < -0.4 is 21.5 Å². The molecule has 0 aromatic heterocycles. The fraction of sp³-hybridized carbons (Fsp3) is 0.526. The molecule has 7 nitrogen and oxygen atoms in total. The molecule has 0 bridgehead atoms. The van der Waals surface area contributed by atoms with E-state index in [9.17, 15) is 9.59 Å². The number of likely N-dealkylation sites (tertiary alicyclic amines) is 1. The Hall–Kier alpha value is -2.35. The third-order valence-corrected chi connectivity index (χ3v) is 4.66. The minimum atomic E-state index is -0.258. The van der Waals surface area contributed by atoms with E-state index in [1.807, 2.05) is 30.3 Å². The Morgan fingerprint density at radius 2 is 1.96 bits per heavy atom. The van der Waals surface area contributed by atoms with Crippen LogP contribution in [-0.2, 0) is 4.79 Å². The van der Waals surface area contributed by atoms with Crippen molar-refractivity contribution in [2.75, 3.05) is 25.0 Å². The predicted octanol–water partition coefficient (Wildman–Crippen LogP) is 2.47. The first-order valence-corrected chi connectivity index (χ1v) is 9.81. The normalized spacial score (nSPS) is 16.6. The number of anilines is 1. The number of nitrogens with zero attached hydrogens (tertiary/aromatic N) is 1. The number of hydrazine groups is 1. The average Bonchev–Trinajstić information content (AvgIpc) is 2.66. The van der Waals surface area contributed by atoms with Crippen LogP contribution in [0.15, 0.2) is 30.3 Å². The number of rotatable bonds is 5. The predicted molar refractivity (Wildman–Crippen MR) is 111 cm³/mol. The van der Waals surface area contributed by atoms with E-state index >= 15 is 0 Å². The van der Waals surface area contributed by atoms with Gasteiger partial charge < -0.3 is 15.5 Å². The van der Waals surface area contributed by atoms with Crippen molar-refractivity contribution >= 4 is 35.0 Å². The zero-order valence-corrected chi connectivity index (χ0v) is 16.8. The van der Waals surface area contributed by atoms with E-state index in [4.69, 9.17) is 12.2 Å². The minimum Gasteiger partial charge on any atom is -0.361 e. The van der Waals surface area contributed by atoms with Gasteiger partial charge in [0.15, 0.2) is 5.11 Å². The molecule has 0 spiro atoms. The quantitative estimate of drug-likeness (QED) is 0.458. The maximum absolute atomic E-state index is 12.4. The van der Waals surface area contributed by atoms with Crippen molar-refractivity contribution in [2.45, 2.75) is 33.1 Å². The van der Waals surface area contributed by atoms with E-state index in [0.29, 0.717) is 24.1 Å². The van der Waals surface area contributed by atoms with Gasteiger partial charge in [0.2, 0.25) is 5.91 Å². The summed E-state index contributed by atoms with van der Waals surface area (Å²) >= 11 is 5.15. The summed E-state index contributed by atoms with van der Waals surface area (Å²) in [5, 5.41) is 6.32. The first-order valence-electron chi connectivity index (χ1n) is 9.40. The number of thiocarbonyl (C=S) groups is 1. The van der Waals surface area contributed by atoms with Gasteiger partial charge in [-0.05, 0) is 49.5 Å². The lowest BCUT2D eigenvalue weighted by molar-refractivity contribution is -0.126. The van der Waals surface area contributed by atoms with Crippen molar-refractivity contribution in [3.05, 3.63) is 30.3 Å². The molecule has 4 N–H and O–H groups in total. The van der Waals surface area contributed by atoms with Crippen LogP contribution in [0.5, 0.6) is 0 Å². The summed E-state index contributed by atoms with van der Waals surface area (Å²) < 4.78 is 0. The van der Waals surface area contributed by atoms with Gasteiger partial charge >= 0.3 is 6.03 Å². The summed E-state index contributed by atoms with van der Waals surface area (Å²) in [5.74, 6) is 0.177. The zero-order valence-electron chi connectivity index (χ0n) is 16.0. The first-order chi connectivity index (χ1) is 13.0. The van der Waals surface area contributed by atoms with Crippen LogP contribution in [-0.4, -0.2) is 41.6 Å². The van der Waals surface area contributed by atoms with Crippen LogP contribution in [0.4, 0.5) is 10.5 Å². The summed E-state index contributed by atoms with van der Waals surface area (Å²) in [7, 11) is 0. The minimum absolute atomic E-state index is 0.153. The summed E-state index contributed by atoms with van der Waals surface area (Å²) in [6.07, 6.45) is 2.54. The van der Waals surface area contributed by atoms with Crippen LogP contribution in [0.25, 0.3) is 0 Å². The Bertz CT molecular complexity index is 638. The van der Waals surface area contributed by atoms with E-state index < -0.39 is 0 Å². The average molecular weight is 392 g/mol. The van der Waals surface area contributed by atoms with Gasteiger partial charge in [0.05, 0.1) is 5.92 Å². The number of hydrogen-bond acceptors (Lipinski definition) is 3. The zero-order chi connectivity index (χ0) is 19.6. The Balaban J connectivity index is 1.75. The lowest BCUT2D eigenvalue weighted by Crippen LogP contribution is -2.52. The van der Waals surface area contributed by atoms with Gasteiger partial charge in [-0.25, -0.2) is 4.79 Å². The molecule has 1 aromatic carbocycles.